The Morgan fingerprint density at radius 1 is 0.529 bits per heavy atom. The average Bonchev–Trinajstić information content (AvgIpc) is 3.17. The molecule has 0 bridgehead atoms. The number of hydrogen-bond donors (Lipinski definition) is 0. The predicted molar refractivity (Wildman–Crippen MR) is 194 cm³/mol. The summed E-state index contributed by atoms with van der Waals surface area (Å²) in [4.78, 5) is 27.1. The quantitative estimate of drug-likeness (QED) is 0.116. The van der Waals surface area contributed by atoms with E-state index >= 15 is 0 Å². The molecule has 6 aromatic rings. The first kappa shape index (κ1) is 33.0. The molecule has 0 spiro atoms. The van der Waals surface area contributed by atoms with Crippen LogP contribution in [-0.4, -0.2) is 38.9 Å². The molecule has 0 saturated carbocycles. The molecule has 0 aliphatic carbocycles. The van der Waals surface area contributed by atoms with Crippen molar-refractivity contribution in [3.05, 3.63) is 145 Å². The minimum absolute atomic E-state index is 0.225. The molecule has 6 aromatic carbocycles. The molecule has 1 aliphatic rings. The molecule has 8 heteroatoms. The van der Waals surface area contributed by atoms with Crippen molar-refractivity contribution >= 4 is 11.9 Å². The van der Waals surface area contributed by atoms with Crippen molar-refractivity contribution in [2.75, 3.05) is 20.8 Å². The van der Waals surface area contributed by atoms with Gasteiger partial charge in [-0.15, -0.1) is 0 Å². The summed E-state index contributed by atoms with van der Waals surface area (Å²) in [6.45, 7) is 2.14. The summed E-state index contributed by atoms with van der Waals surface area (Å²) in [6.07, 6.45) is -0.316. The van der Waals surface area contributed by atoms with E-state index in [0.29, 0.717) is 33.8 Å². The Labute approximate surface area is 295 Å². The van der Waals surface area contributed by atoms with Gasteiger partial charge >= 0.3 is 11.9 Å². The van der Waals surface area contributed by atoms with Gasteiger partial charge < -0.3 is 28.4 Å². The third-order valence-electron chi connectivity index (χ3n) is 8.52. The highest BCUT2D eigenvalue weighted by Crippen LogP contribution is 2.49. The van der Waals surface area contributed by atoms with Crippen molar-refractivity contribution in [3.8, 4) is 67.9 Å². The largest absolute Gasteiger partial charge is 0.497 e. The Balaban J connectivity index is 1.18. The standard InChI is InChI=1S/C43H34O8/c1-27-26-48-36-6-4-8-38(50-42(44)32-14-10-28(11-15-32)30-18-22-34(46-2)23-19-30)40(36)41-37(49-27)7-5-9-39(41)51-43(45)33-16-12-29(13-17-33)31-20-24-35(47-3)25-21-31/h4-25,27H,26H2,1-3H3. The van der Waals surface area contributed by atoms with Crippen LogP contribution in [0.5, 0.6) is 34.5 Å². The Morgan fingerprint density at radius 2 is 0.922 bits per heavy atom. The molecule has 1 heterocycles. The molecule has 0 fully saturated rings. The van der Waals surface area contributed by atoms with Crippen molar-refractivity contribution in [2.24, 2.45) is 0 Å². The van der Waals surface area contributed by atoms with Crippen LogP contribution in [0.15, 0.2) is 133 Å². The molecule has 254 valence electrons. The first-order chi connectivity index (χ1) is 24.9. The molecule has 1 atom stereocenters. The van der Waals surface area contributed by atoms with Crippen LogP contribution in [0.2, 0.25) is 0 Å². The van der Waals surface area contributed by atoms with E-state index in [0.717, 1.165) is 33.8 Å². The van der Waals surface area contributed by atoms with Crippen LogP contribution >= 0.6 is 0 Å². The van der Waals surface area contributed by atoms with E-state index in [2.05, 4.69) is 0 Å². The number of methoxy groups -OCH3 is 2. The molecule has 1 unspecified atom stereocenters. The second-order valence-electron chi connectivity index (χ2n) is 11.9. The maximum Gasteiger partial charge on any atom is 0.343 e. The second kappa shape index (κ2) is 14.5. The van der Waals surface area contributed by atoms with Crippen molar-refractivity contribution < 1.29 is 38.0 Å². The number of fused-ring (bicyclic) bond motifs is 3. The summed E-state index contributed by atoms with van der Waals surface area (Å²) in [5.41, 5.74) is 5.43. The highest BCUT2D eigenvalue weighted by atomic mass is 16.6. The SMILES string of the molecule is COc1ccc(-c2ccc(C(=O)Oc3cccc4c3-c3c(OC(=O)c5ccc(-c6ccc(OC)cc6)cc5)cccc3OC(C)CO4)cc2)cc1. The normalized spacial score (nSPS) is 13.2. The van der Waals surface area contributed by atoms with Gasteiger partial charge in [0.15, 0.2) is 0 Å². The number of esters is 2. The monoisotopic (exact) mass is 678 g/mol. The molecule has 0 N–H and O–H groups in total. The van der Waals surface area contributed by atoms with E-state index < -0.39 is 11.9 Å². The Bertz CT molecular complexity index is 2170. The highest BCUT2D eigenvalue weighted by molar-refractivity contribution is 5.96. The third-order valence-corrected chi connectivity index (χ3v) is 8.52. The zero-order valence-corrected chi connectivity index (χ0v) is 28.3. The van der Waals surface area contributed by atoms with Gasteiger partial charge in [0.05, 0.1) is 36.5 Å². The second-order valence-corrected chi connectivity index (χ2v) is 11.9. The highest BCUT2D eigenvalue weighted by Gasteiger charge is 2.28. The molecule has 0 amide bonds. The molecule has 1 aliphatic heterocycles. The van der Waals surface area contributed by atoms with Crippen LogP contribution < -0.4 is 28.4 Å². The van der Waals surface area contributed by atoms with E-state index in [1.807, 2.05) is 79.7 Å². The van der Waals surface area contributed by atoms with Crippen molar-refractivity contribution in [3.63, 3.8) is 0 Å². The van der Waals surface area contributed by atoms with Gasteiger partial charge in [-0.05, 0) is 102 Å². The lowest BCUT2D eigenvalue weighted by Crippen LogP contribution is -2.23. The molecule has 8 nitrogen and oxygen atoms in total. The fourth-order valence-electron chi connectivity index (χ4n) is 5.84. The van der Waals surface area contributed by atoms with Gasteiger partial charge in [-0.2, -0.15) is 0 Å². The number of rotatable bonds is 8. The fraction of sp³-hybridized carbons (Fsp3) is 0.116. The molecule has 0 aromatic heterocycles. The van der Waals surface area contributed by atoms with Crippen LogP contribution in [0.1, 0.15) is 27.6 Å². The zero-order valence-electron chi connectivity index (χ0n) is 28.3. The Morgan fingerprint density at radius 3 is 1.35 bits per heavy atom. The number of ether oxygens (including phenoxy) is 6. The van der Waals surface area contributed by atoms with Gasteiger partial charge in [0, 0.05) is 0 Å². The lowest BCUT2D eigenvalue weighted by molar-refractivity contribution is 0.0720. The summed E-state index contributed by atoms with van der Waals surface area (Å²) >= 11 is 0. The summed E-state index contributed by atoms with van der Waals surface area (Å²) in [5, 5.41) is 0. The van der Waals surface area contributed by atoms with Crippen LogP contribution in [-0.2, 0) is 0 Å². The van der Waals surface area contributed by atoms with Gasteiger partial charge in [-0.3, -0.25) is 0 Å². The van der Waals surface area contributed by atoms with E-state index in [1.165, 1.54) is 0 Å². The van der Waals surface area contributed by atoms with E-state index in [4.69, 9.17) is 28.4 Å². The van der Waals surface area contributed by atoms with Gasteiger partial charge in [0.1, 0.15) is 47.2 Å². The number of carbonyl (C=O) groups excluding carboxylic acids is 2. The van der Waals surface area contributed by atoms with Crippen molar-refractivity contribution in [1.82, 2.24) is 0 Å². The number of carbonyl (C=O) groups is 2. The molecule has 0 radical (unpaired) electrons. The summed E-state index contributed by atoms with van der Waals surface area (Å²) in [6, 6.07) is 40.1. The average molecular weight is 679 g/mol. The third kappa shape index (κ3) is 7.12. The fourth-order valence-corrected chi connectivity index (χ4v) is 5.84. The van der Waals surface area contributed by atoms with Crippen LogP contribution in [0, 0.1) is 0 Å². The minimum atomic E-state index is -0.561. The maximum absolute atomic E-state index is 13.6. The minimum Gasteiger partial charge on any atom is -0.497 e. The number of hydrogen-bond acceptors (Lipinski definition) is 8. The lowest BCUT2D eigenvalue weighted by atomic mass is 10.00. The topological polar surface area (TPSA) is 89.5 Å². The first-order valence-electron chi connectivity index (χ1n) is 16.4. The van der Waals surface area contributed by atoms with Crippen molar-refractivity contribution in [2.45, 2.75) is 13.0 Å². The van der Waals surface area contributed by atoms with Crippen LogP contribution in [0.3, 0.4) is 0 Å². The summed E-state index contributed by atoms with van der Waals surface area (Å²) in [5.74, 6) is 1.77. The molecule has 51 heavy (non-hydrogen) atoms. The summed E-state index contributed by atoms with van der Waals surface area (Å²) < 4.78 is 35.0. The first-order valence-corrected chi connectivity index (χ1v) is 16.4. The Hall–Kier alpha value is -6.54. The van der Waals surface area contributed by atoms with Crippen LogP contribution in [0.25, 0.3) is 33.4 Å². The van der Waals surface area contributed by atoms with E-state index in [1.54, 1.807) is 74.9 Å². The van der Waals surface area contributed by atoms with Crippen LogP contribution in [0.4, 0.5) is 0 Å². The van der Waals surface area contributed by atoms with E-state index in [9.17, 15) is 9.59 Å². The molecule has 7 rings (SSSR count). The van der Waals surface area contributed by atoms with Crippen molar-refractivity contribution in [1.29, 1.82) is 0 Å². The number of benzene rings is 6. The predicted octanol–water partition coefficient (Wildman–Crippen LogP) is 9.30. The van der Waals surface area contributed by atoms with Gasteiger partial charge in [-0.25, -0.2) is 9.59 Å². The maximum atomic E-state index is 13.6. The van der Waals surface area contributed by atoms with Gasteiger partial charge in [0.25, 0.3) is 0 Å². The Kier molecular flexibility index (Phi) is 9.39. The molecule has 0 saturated heterocycles. The van der Waals surface area contributed by atoms with E-state index in [-0.39, 0.29) is 24.2 Å². The smallest absolute Gasteiger partial charge is 0.343 e. The molecular formula is C43H34O8. The summed E-state index contributed by atoms with van der Waals surface area (Å²) in [7, 11) is 3.25. The molecular weight excluding hydrogens is 644 g/mol. The van der Waals surface area contributed by atoms with Gasteiger partial charge in [-0.1, -0.05) is 60.7 Å². The zero-order chi connectivity index (χ0) is 35.3. The van der Waals surface area contributed by atoms with Gasteiger partial charge in [0.2, 0.25) is 0 Å². The lowest BCUT2D eigenvalue weighted by Gasteiger charge is -2.26.